The van der Waals surface area contributed by atoms with Crippen LogP contribution in [0.15, 0.2) is 52.7 Å². The minimum Gasteiger partial charge on any atom is -0.481 e. The summed E-state index contributed by atoms with van der Waals surface area (Å²) in [6.07, 6.45) is 11.1. The van der Waals surface area contributed by atoms with Crippen LogP contribution in [-0.4, -0.2) is 63.2 Å². The van der Waals surface area contributed by atoms with E-state index >= 15 is 0 Å². The van der Waals surface area contributed by atoms with Crippen LogP contribution < -0.4 is 5.32 Å². The number of nitrogens with one attached hydrogen (secondary N) is 1. The number of hydrogen-bond acceptors (Lipinski definition) is 7. The Kier molecular flexibility index (Phi) is 12.5. The van der Waals surface area contributed by atoms with Crippen molar-refractivity contribution in [3.8, 4) is 0 Å². The van der Waals surface area contributed by atoms with Crippen molar-refractivity contribution >= 4 is 35.7 Å². The Hall–Kier alpha value is -3.11. The van der Waals surface area contributed by atoms with Crippen LogP contribution in [0, 0.1) is 16.7 Å². The largest absolute Gasteiger partial charge is 0.481 e. The number of aliphatic imine (C=N–C) groups is 1. The number of aliphatic carboxylic acids is 1. The van der Waals surface area contributed by atoms with E-state index in [4.69, 9.17) is 14.3 Å². The number of likely N-dealkylation sites (N-methyl/N-ethyl adjacent to an activating group) is 1. The lowest BCUT2D eigenvalue weighted by Crippen LogP contribution is -2.51. The molecule has 1 aromatic rings. The zero-order valence-corrected chi connectivity index (χ0v) is 31.9. The summed E-state index contributed by atoms with van der Waals surface area (Å²) in [7, 11) is 1.98. The topological polar surface area (TPSA) is 112 Å². The van der Waals surface area contributed by atoms with Crippen LogP contribution in [0.1, 0.15) is 135 Å². The van der Waals surface area contributed by atoms with Crippen molar-refractivity contribution in [1.29, 1.82) is 0 Å². The molecule has 3 aliphatic rings. The summed E-state index contributed by atoms with van der Waals surface area (Å²) >= 11 is 1.31. The summed E-state index contributed by atoms with van der Waals surface area (Å²) in [4.78, 5) is 46.2. The normalized spacial score (nSPS) is 22.2. The van der Waals surface area contributed by atoms with Crippen LogP contribution in [0.4, 0.5) is 0 Å². The van der Waals surface area contributed by atoms with E-state index < -0.39 is 11.6 Å². The highest BCUT2D eigenvalue weighted by Crippen LogP contribution is 2.50. The molecule has 4 rings (SSSR count). The maximum Gasteiger partial charge on any atom is 0.305 e. The van der Waals surface area contributed by atoms with Gasteiger partial charge in [-0.3, -0.25) is 27.9 Å². The second kappa shape index (κ2) is 15.8. The highest BCUT2D eigenvalue weighted by atomic mass is 32.2. The number of benzene rings is 1. The Labute approximate surface area is 298 Å². The molecule has 0 radical (unpaired) electrons. The molecule has 49 heavy (non-hydrogen) atoms. The van der Waals surface area contributed by atoms with E-state index in [0.717, 1.165) is 68.2 Å². The number of carboxylic acid groups (broad SMARTS) is 1. The molecule has 1 unspecified atom stereocenters. The van der Waals surface area contributed by atoms with Crippen molar-refractivity contribution in [1.82, 2.24) is 14.5 Å². The molecule has 1 heterocycles. The highest BCUT2D eigenvalue weighted by molar-refractivity contribution is 7.92. The molecule has 2 N–H and O–H groups in total. The van der Waals surface area contributed by atoms with Crippen LogP contribution in [-0.2, 0) is 13.8 Å². The van der Waals surface area contributed by atoms with Gasteiger partial charge in [0.05, 0.1) is 18.6 Å². The average molecular weight is 695 g/mol. The number of allylic oxidation sites excluding steroid dienone is 2. The zero-order chi connectivity index (χ0) is 36.1. The number of hydrogen-bond donors (Lipinski definition) is 2. The molecule has 1 aliphatic heterocycles. The van der Waals surface area contributed by atoms with Crippen molar-refractivity contribution < 1.29 is 23.7 Å². The number of carbonyl (C=O) groups excluding carboxylic acids is 2. The number of carbonyl (C=O) groups is 3. The molecular weight excluding hydrogens is 637 g/mol. The maximum atomic E-state index is 14.9. The monoisotopic (exact) mass is 694 g/mol. The number of rotatable bonds is 13. The smallest absolute Gasteiger partial charge is 0.305 e. The number of nitrogens with zero attached hydrogens (tertiary/aromatic N) is 3. The van der Waals surface area contributed by atoms with Gasteiger partial charge in [0.25, 0.3) is 11.8 Å². The number of amides is 2. The van der Waals surface area contributed by atoms with Crippen LogP contribution in [0.2, 0.25) is 0 Å². The predicted octanol–water partition coefficient (Wildman–Crippen LogP) is 8.50. The molecule has 0 saturated heterocycles. The Morgan fingerprint density at radius 3 is 2.35 bits per heavy atom. The van der Waals surface area contributed by atoms with Crippen molar-refractivity contribution in [2.45, 2.75) is 131 Å². The summed E-state index contributed by atoms with van der Waals surface area (Å²) in [5.74, 6) is -0.725. The van der Waals surface area contributed by atoms with Gasteiger partial charge in [0.15, 0.2) is 0 Å². The lowest BCUT2D eigenvalue weighted by atomic mass is 9.69. The van der Waals surface area contributed by atoms with Gasteiger partial charge in [0.1, 0.15) is 23.6 Å². The third-order valence-electron chi connectivity index (χ3n) is 9.97. The fourth-order valence-electron chi connectivity index (χ4n) is 7.09. The van der Waals surface area contributed by atoms with E-state index in [0.29, 0.717) is 17.2 Å². The zero-order valence-electron chi connectivity index (χ0n) is 31.1. The van der Waals surface area contributed by atoms with Gasteiger partial charge in [-0.2, -0.15) is 0 Å². The minimum atomic E-state index is -0.957. The molecule has 1 spiro atoms. The van der Waals surface area contributed by atoms with Gasteiger partial charge in [-0.15, -0.1) is 0 Å². The van der Waals surface area contributed by atoms with E-state index in [1.807, 2.05) is 37.3 Å². The molecule has 1 aromatic carbocycles. The lowest BCUT2D eigenvalue weighted by Gasteiger charge is -2.47. The fourth-order valence-corrected chi connectivity index (χ4v) is 7.61. The predicted molar refractivity (Wildman–Crippen MR) is 198 cm³/mol. The molecule has 0 bridgehead atoms. The van der Waals surface area contributed by atoms with E-state index in [9.17, 15) is 14.4 Å². The van der Waals surface area contributed by atoms with Crippen LogP contribution in [0.5, 0.6) is 0 Å². The van der Waals surface area contributed by atoms with E-state index in [-0.39, 0.29) is 47.8 Å². The highest BCUT2D eigenvalue weighted by Gasteiger charge is 2.53. The van der Waals surface area contributed by atoms with Gasteiger partial charge in [-0.05, 0) is 111 Å². The summed E-state index contributed by atoms with van der Waals surface area (Å²) in [5.41, 5.74) is 3.61. The van der Waals surface area contributed by atoms with Crippen molar-refractivity contribution in [3.05, 3.63) is 58.8 Å². The second-order valence-corrected chi connectivity index (χ2v) is 17.3. The first-order chi connectivity index (χ1) is 22.9. The van der Waals surface area contributed by atoms with Gasteiger partial charge >= 0.3 is 5.97 Å². The Bertz CT molecular complexity index is 1440. The summed E-state index contributed by atoms with van der Waals surface area (Å²) in [6.45, 7) is 17.7. The number of carboxylic acids is 1. The summed E-state index contributed by atoms with van der Waals surface area (Å²) in [5, 5.41) is 11.6. The molecule has 1 saturated carbocycles. The second-order valence-electron chi connectivity index (χ2n) is 16.4. The van der Waals surface area contributed by atoms with E-state index in [2.05, 4.69) is 63.9 Å². The molecule has 1 atom stereocenters. The molecule has 10 heteroatoms. The van der Waals surface area contributed by atoms with Crippen LogP contribution in [0.25, 0.3) is 0 Å². The summed E-state index contributed by atoms with van der Waals surface area (Å²) in [6, 6.07) is 7.27. The molecule has 2 amide bonds. The molecule has 270 valence electrons. The van der Waals surface area contributed by atoms with Gasteiger partial charge in [0.2, 0.25) is 0 Å². The minimum absolute atomic E-state index is 0.00940. The third kappa shape index (κ3) is 10.00. The quantitative estimate of drug-likeness (QED) is 0.157. The van der Waals surface area contributed by atoms with Gasteiger partial charge < -0.3 is 15.3 Å². The lowest BCUT2D eigenvalue weighted by molar-refractivity contribution is -0.137. The SMILES string of the molecule is CC(C)OSN(C)C1=CCCC(C2=NC3(CCC(C(C)(C)C)CC3)N(C(CCC(C)(C)C)c3ccc(C(=O)NCCC(=O)O)cc3)C2=O)=C1. The Morgan fingerprint density at radius 1 is 1.12 bits per heavy atom. The Balaban J connectivity index is 1.72. The van der Waals surface area contributed by atoms with Gasteiger partial charge in [-0.1, -0.05) is 59.8 Å². The van der Waals surface area contributed by atoms with E-state index in [1.54, 1.807) is 12.1 Å². The maximum absolute atomic E-state index is 14.9. The van der Waals surface area contributed by atoms with E-state index in [1.165, 1.54) is 12.2 Å². The van der Waals surface area contributed by atoms with Crippen molar-refractivity contribution in [3.63, 3.8) is 0 Å². The van der Waals surface area contributed by atoms with Crippen LogP contribution in [0.3, 0.4) is 0 Å². The average Bonchev–Trinajstić information content (AvgIpc) is 3.30. The molecule has 1 fully saturated rings. The van der Waals surface area contributed by atoms with Gasteiger partial charge in [0, 0.05) is 24.9 Å². The fraction of sp³-hybridized carbons (Fsp3) is 0.641. The van der Waals surface area contributed by atoms with Gasteiger partial charge in [-0.25, -0.2) is 0 Å². The first kappa shape index (κ1) is 38.7. The van der Waals surface area contributed by atoms with Crippen LogP contribution >= 0.6 is 12.2 Å². The van der Waals surface area contributed by atoms with Crippen molar-refractivity contribution in [2.24, 2.45) is 21.7 Å². The summed E-state index contributed by atoms with van der Waals surface area (Å²) < 4.78 is 7.79. The standard InChI is InChI=1S/C39H58N4O5S/c1-26(2)48-49-42(9)31-12-10-11-29(25-31)34-36(47)43(39(41-34)22-17-30(18-23-39)38(6,7)8)32(19-21-37(3,4)5)27-13-15-28(16-14-27)35(46)40-24-20-33(44)45/h12-16,25-26,30,32H,10-11,17-24H2,1-9H3,(H,40,46)(H,44,45). The molecule has 9 nitrogen and oxygen atoms in total. The molecule has 2 aliphatic carbocycles. The molecule has 0 aromatic heterocycles. The first-order valence-corrected chi connectivity index (χ1v) is 18.6. The Morgan fingerprint density at radius 2 is 1.78 bits per heavy atom. The molecular formula is C39H58N4O5S. The third-order valence-corrected chi connectivity index (χ3v) is 10.9. The first-order valence-electron chi connectivity index (χ1n) is 17.9. The van der Waals surface area contributed by atoms with Crippen molar-refractivity contribution in [2.75, 3.05) is 13.6 Å².